The van der Waals surface area contributed by atoms with Crippen molar-refractivity contribution in [1.82, 2.24) is 9.21 Å². The summed E-state index contributed by atoms with van der Waals surface area (Å²) in [5.41, 5.74) is 1.18. The molecule has 2 amide bonds. The van der Waals surface area contributed by atoms with Gasteiger partial charge in [-0.3, -0.25) is 9.59 Å². The molecule has 3 atom stereocenters. The van der Waals surface area contributed by atoms with E-state index in [0.29, 0.717) is 22.0 Å². The van der Waals surface area contributed by atoms with Gasteiger partial charge in [-0.15, -0.1) is 0 Å². The number of aliphatic hydroxyl groups is 1. The molecule has 11 heteroatoms. The van der Waals surface area contributed by atoms with Crippen molar-refractivity contribution in [2.75, 3.05) is 32.1 Å². The molecule has 0 bridgehead atoms. The number of halogens is 1. The Morgan fingerprint density at radius 1 is 1.17 bits per heavy atom. The lowest BCUT2D eigenvalue weighted by Crippen LogP contribution is -2.48. The molecule has 41 heavy (non-hydrogen) atoms. The number of aliphatic hydroxyl groups excluding tert-OH is 1. The molecule has 2 N–H and O–H groups in total. The van der Waals surface area contributed by atoms with Crippen molar-refractivity contribution < 1.29 is 27.9 Å². The van der Waals surface area contributed by atoms with Crippen LogP contribution in [-0.4, -0.2) is 73.4 Å². The fourth-order valence-corrected chi connectivity index (χ4v) is 6.78. The molecule has 2 aromatic rings. The average Bonchev–Trinajstić information content (AvgIpc) is 3.00. The van der Waals surface area contributed by atoms with Crippen molar-refractivity contribution in [3.05, 3.63) is 53.1 Å². The molecule has 4 rings (SSSR count). The summed E-state index contributed by atoms with van der Waals surface area (Å²) in [4.78, 5) is 28.1. The first-order chi connectivity index (χ1) is 19.5. The monoisotopic (exact) mass is 605 g/mol. The van der Waals surface area contributed by atoms with E-state index in [1.165, 1.54) is 35.6 Å². The number of ether oxygens (including phenoxy) is 1. The number of carbonyl (C=O) groups is 2. The smallest absolute Gasteiger partial charge is 0.242 e. The van der Waals surface area contributed by atoms with Crippen molar-refractivity contribution in [2.45, 2.75) is 69.4 Å². The molecular formula is C30H40ClN3O6S. The van der Waals surface area contributed by atoms with Gasteiger partial charge in [-0.2, -0.15) is 4.31 Å². The molecule has 1 heterocycles. The van der Waals surface area contributed by atoms with E-state index in [1.54, 1.807) is 30.0 Å². The zero-order valence-electron chi connectivity index (χ0n) is 23.9. The van der Waals surface area contributed by atoms with Crippen LogP contribution in [0.2, 0.25) is 5.02 Å². The number of benzene rings is 2. The molecule has 1 fully saturated rings. The summed E-state index contributed by atoms with van der Waals surface area (Å²) in [6, 6.07) is 10.8. The minimum absolute atomic E-state index is 0.0175. The number of anilines is 1. The molecular weight excluding hydrogens is 566 g/mol. The van der Waals surface area contributed by atoms with E-state index in [4.69, 9.17) is 16.3 Å². The maximum Gasteiger partial charge on any atom is 0.242 e. The van der Waals surface area contributed by atoms with Crippen LogP contribution in [0.25, 0.3) is 0 Å². The molecule has 2 aromatic carbocycles. The van der Waals surface area contributed by atoms with Gasteiger partial charge in [0.25, 0.3) is 0 Å². The topological polar surface area (TPSA) is 116 Å². The first-order valence-electron chi connectivity index (χ1n) is 14.2. The van der Waals surface area contributed by atoms with Crippen LogP contribution in [0.3, 0.4) is 0 Å². The fraction of sp³-hybridized carbons (Fsp3) is 0.533. The van der Waals surface area contributed by atoms with Crippen LogP contribution >= 0.6 is 11.6 Å². The highest BCUT2D eigenvalue weighted by Gasteiger charge is 2.33. The molecule has 0 spiro atoms. The van der Waals surface area contributed by atoms with Crippen LogP contribution in [0.4, 0.5) is 5.69 Å². The van der Waals surface area contributed by atoms with E-state index in [1.807, 2.05) is 6.92 Å². The third-order valence-electron chi connectivity index (χ3n) is 8.12. The maximum atomic E-state index is 13.5. The Hall–Kier alpha value is -2.66. The van der Waals surface area contributed by atoms with E-state index in [0.717, 1.165) is 32.1 Å². The molecule has 0 radical (unpaired) electrons. The molecule has 224 valence electrons. The first kappa shape index (κ1) is 31.3. The van der Waals surface area contributed by atoms with Gasteiger partial charge in [-0.1, -0.05) is 37.8 Å². The second-order valence-electron chi connectivity index (χ2n) is 11.3. The standard InChI is InChI=1S/C30H40ClN3O6S/c1-20-17-34(21(2)19-35)29(36)16-23-15-25(32-30(37)22-7-5-4-6-8-22)11-14-27(23)40-28(20)18-33(3)41(38,39)26-12-9-24(31)10-13-26/h9-15,20-22,28,35H,4-8,16-19H2,1-3H3,(H,32,37)/t20-,21+,28+/m0/s1. The van der Waals surface area contributed by atoms with E-state index in [-0.39, 0.29) is 54.7 Å². The molecule has 1 aliphatic carbocycles. The lowest BCUT2D eigenvalue weighted by atomic mass is 9.88. The molecule has 0 unspecified atom stereocenters. The van der Waals surface area contributed by atoms with Crippen LogP contribution in [-0.2, 0) is 26.0 Å². The van der Waals surface area contributed by atoms with Gasteiger partial charge < -0.3 is 20.1 Å². The number of hydrogen-bond donors (Lipinski definition) is 2. The minimum Gasteiger partial charge on any atom is -0.488 e. The predicted octanol–water partition coefficient (Wildman–Crippen LogP) is 4.33. The Labute approximate surface area is 247 Å². The van der Waals surface area contributed by atoms with Gasteiger partial charge in [-0.05, 0) is 62.2 Å². The highest BCUT2D eigenvalue weighted by Crippen LogP contribution is 2.31. The lowest BCUT2D eigenvalue weighted by Gasteiger charge is -2.33. The van der Waals surface area contributed by atoms with Gasteiger partial charge in [0.1, 0.15) is 11.9 Å². The number of carbonyl (C=O) groups excluding carboxylic acids is 2. The third kappa shape index (κ3) is 7.60. The zero-order chi connectivity index (χ0) is 29.7. The van der Waals surface area contributed by atoms with Gasteiger partial charge in [0.2, 0.25) is 21.8 Å². The summed E-state index contributed by atoms with van der Waals surface area (Å²) >= 11 is 5.95. The van der Waals surface area contributed by atoms with Crippen LogP contribution in [0.1, 0.15) is 51.5 Å². The van der Waals surface area contributed by atoms with Crippen LogP contribution in [0, 0.1) is 11.8 Å². The summed E-state index contributed by atoms with van der Waals surface area (Å²) in [5, 5.41) is 13.3. The molecule has 1 aliphatic heterocycles. The Bertz CT molecular complexity index is 1330. The average molecular weight is 606 g/mol. The van der Waals surface area contributed by atoms with Crippen molar-refractivity contribution in [3.63, 3.8) is 0 Å². The van der Waals surface area contributed by atoms with E-state index in [9.17, 15) is 23.1 Å². The molecule has 0 aromatic heterocycles. The Balaban J connectivity index is 1.62. The lowest BCUT2D eigenvalue weighted by molar-refractivity contribution is -0.134. The molecule has 2 aliphatic rings. The number of fused-ring (bicyclic) bond motifs is 1. The van der Waals surface area contributed by atoms with E-state index < -0.39 is 22.2 Å². The minimum atomic E-state index is -3.84. The summed E-state index contributed by atoms with van der Waals surface area (Å²) in [6.45, 7) is 3.78. The van der Waals surface area contributed by atoms with Gasteiger partial charge in [0.05, 0.1) is 30.5 Å². The van der Waals surface area contributed by atoms with Gasteiger partial charge >= 0.3 is 0 Å². The Morgan fingerprint density at radius 3 is 2.51 bits per heavy atom. The molecule has 0 saturated heterocycles. The highest BCUT2D eigenvalue weighted by atomic mass is 35.5. The summed E-state index contributed by atoms with van der Waals surface area (Å²) < 4.78 is 34.4. The van der Waals surface area contributed by atoms with Gasteiger partial charge in [0, 0.05) is 41.7 Å². The van der Waals surface area contributed by atoms with Crippen molar-refractivity contribution in [2.24, 2.45) is 11.8 Å². The fourth-order valence-electron chi connectivity index (χ4n) is 5.47. The Morgan fingerprint density at radius 2 is 1.85 bits per heavy atom. The van der Waals surface area contributed by atoms with E-state index in [2.05, 4.69) is 5.32 Å². The van der Waals surface area contributed by atoms with Crippen molar-refractivity contribution >= 4 is 39.1 Å². The van der Waals surface area contributed by atoms with Crippen LogP contribution in [0.15, 0.2) is 47.4 Å². The molecule has 1 saturated carbocycles. The van der Waals surface area contributed by atoms with Gasteiger partial charge in [-0.25, -0.2) is 8.42 Å². The number of hydrogen-bond acceptors (Lipinski definition) is 6. The van der Waals surface area contributed by atoms with E-state index >= 15 is 0 Å². The molecule has 9 nitrogen and oxygen atoms in total. The van der Waals surface area contributed by atoms with Crippen molar-refractivity contribution in [3.8, 4) is 5.75 Å². The SMILES string of the molecule is C[C@H](CO)N1C[C@H](C)[C@@H](CN(C)S(=O)(=O)c2ccc(Cl)cc2)Oc2ccc(NC(=O)C3CCCCC3)cc2CC1=O. The summed E-state index contributed by atoms with van der Waals surface area (Å²) in [7, 11) is -2.34. The number of nitrogens with zero attached hydrogens (tertiary/aromatic N) is 2. The number of sulfonamides is 1. The van der Waals surface area contributed by atoms with Crippen molar-refractivity contribution in [1.29, 1.82) is 0 Å². The van der Waals surface area contributed by atoms with Crippen LogP contribution in [0.5, 0.6) is 5.75 Å². The Kier molecular flexibility index (Phi) is 10.3. The summed E-state index contributed by atoms with van der Waals surface area (Å²) in [5.74, 6) is -0.0250. The van der Waals surface area contributed by atoms with Crippen LogP contribution < -0.4 is 10.1 Å². The van der Waals surface area contributed by atoms with Gasteiger partial charge in [0.15, 0.2) is 0 Å². The third-order valence-corrected chi connectivity index (χ3v) is 10.2. The second kappa shape index (κ2) is 13.5. The maximum absolute atomic E-state index is 13.5. The predicted molar refractivity (Wildman–Crippen MR) is 158 cm³/mol. The number of amides is 2. The highest BCUT2D eigenvalue weighted by molar-refractivity contribution is 7.89. The zero-order valence-corrected chi connectivity index (χ0v) is 25.5. The second-order valence-corrected chi connectivity index (χ2v) is 13.8. The quantitative estimate of drug-likeness (QED) is 0.463. The number of likely N-dealkylation sites (N-methyl/N-ethyl adjacent to an activating group) is 1. The number of nitrogens with one attached hydrogen (secondary N) is 1. The normalized spacial score (nSPS) is 21.3. The number of rotatable bonds is 8. The largest absolute Gasteiger partial charge is 0.488 e. The summed E-state index contributed by atoms with van der Waals surface area (Å²) in [6.07, 6.45) is 4.40. The first-order valence-corrected chi connectivity index (χ1v) is 16.0.